The van der Waals surface area contributed by atoms with Crippen molar-refractivity contribution >= 4 is 18.3 Å². The van der Waals surface area contributed by atoms with Gasteiger partial charge in [-0.2, -0.15) is 0 Å². The van der Waals surface area contributed by atoms with Gasteiger partial charge in [-0.05, 0) is 24.8 Å². The van der Waals surface area contributed by atoms with Crippen LogP contribution in [0, 0.1) is 0 Å². The first kappa shape index (κ1) is 18.2. The Balaban J connectivity index is 0.00000192. The molecule has 1 amide bonds. The Bertz CT molecular complexity index is 496. The van der Waals surface area contributed by atoms with E-state index in [9.17, 15) is 9.90 Å². The van der Waals surface area contributed by atoms with Gasteiger partial charge in [-0.3, -0.25) is 9.69 Å². The molecule has 1 aliphatic heterocycles. The third-order valence-electron chi connectivity index (χ3n) is 4.40. The highest BCUT2D eigenvalue weighted by atomic mass is 35.5. The van der Waals surface area contributed by atoms with Gasteiger partial charge in [-0.15, -0.1) is 12.4 Å². The van der Waals surface area contributed by atoms with Crippen molar-refractivity contribution in [1.82, 2.24) is 15.5 Å². The topological polar surface area (TPSA) is 64.6 Å². The van der Waals surface area contributed by atoms with E-state index in [4.69, 9.17) is 0 Å². The van der Waals surface area contributed by atoms with Gasteiger partial charge in [0.2, 0.25) is 5.91 Å². The molecule has 0 bridgehead atoms. The van der Waals surface area contributed by atoms with Crippen molar-refractivity contribution in [2.24, 2.45) is 0 Å². The highest BCUT2D eigenvalue weighted by Crippen LogP contribution is 2.20. The fourth-order valence-corrected chi connectivity index (χ4v) is 3.00. The molecule has 2 unspecified atom stereocenters. The number of hydrogen-bond donors (Lipinski definition) is 3. The molecule has 0 radical (unpaired) electrons. The van der Waals surface area contributed by atoms with Crippen LogP contribution in [0.25, 0.3) is 0 Å². The van der Waals surface area contributed by atoms with E-state index in [-0.39, 0.29) is 30.5 Å². The van der Waals surface area contributed by atoms with Crippen molar-refractivity contribution in [2.75, 3.05) is 19.6 Å². The summed E-state index contributed by atoms with van der Waals surface area (Å²) in [7, 11) is 0. The Labute approximate surface area is 143 Å². The highest BCUT2D eigenvalue weighted by Gasteiger charge is 2.31. The molecule has 2 atom stereocenters. The van der Waals surface area contributed by atoms with Crippen molar-refractivity contribution < 1.29 is 9.90 Å². The molecule has 1 aliphatic carbocycles. The SMILES string of the molecule is Cl.O=C(CNC1CC1)NCC1CC(O)CN1Cc1ccccc1. The van der Waals surface area contributed by atoms with Crippen LogP contribution in [0.15, 0.2) is 30.3 Å². The number of β-amino-alcohol motifs (C(OH)–C–C–N with tert-alkyl or cyclic N) is 1. The zero-order valence-corrected chi connectivity index (χ0v) is 14.1. The number of rotatable bonds is 7. The maximum absolute atomic E-state index is 11.8. The zero-order chi connectivity index (χ0) is 15.4. The van der Waals surface area contributed by atoms with E-state index in [0.717, 1.165) is 13.0 Å². The molecule has 0 spiro atoms. The minimum Gasteiger partial charge on any atom is -0.392 e. The summed E-state index contributed by atoms with van der Waals surface area (Å²) < 4.78 is 0. The summed E-state index contributed by atoms with van der Waals surface area (Å²) in [5.74, 6) is 0.0490. The Morgan fingerprint density at radius 3 is 2.70 bits per heavy atom. The number of aliphatic hydroxyl groups is 1. The van der Waals surface area contributed by atoms with Crippen molar-refractivity contribution in [2.45, 2.75) is 44.0 Å². The monoisotopic (exact) mass is 339 g/mol. The molecule has 1 saturated heterocycles. The van der Waals surface area contributed by atoms with E-state index in [1.807, 2.05) is 18.2 Å². The van der Waals surface area contributed by atoms with Gasteiger partial charge in [0.05, 0.1) is 12.6 Å². The molecular weight excluding hydrogens is 314 g/mol. The molecule has 128 valence electrons. The Kier molecular flexibility index (Phi) is 6.84. The molecule has 1 saturated carbocycles. The summed E-state index contributed by atoms with van der Waals surface area (Å²) in [6, 6.07) is 11.0. The average molecular weight is 340 g/mol. The quantitative estimate of drug-likeness (QED) is 0.691. The number of hydrogen-bond acceptors (Lipinski definition) is 4. The van der Waals surface area contributed by atoms with Crippen LogP contribution in [0.3, 0.4) is 0 Å². The number of carbonyl (C=O) groups is 1. The minimum atomic E-state index is -0.296. The predicted octanol–water partition coefficient (Wildman–Crippen LogP) is 0.912. The lowest BCUT2D eigenvalue weighted by molar-refractivity contribution is -0.120. The summed E-state index contributed by atoms with van der Waals surface area (Å²) in [6.45, 7) is 2.50. The lowest BCUT2D eigenvalue weighted by atomic mass is 10.1. The van der Waals surface area contributed by atoms with E-state index in [2.05, 4.69) is 27.7 Å². The second-order valence-corrected chi connectivity index (χ2v) is 6.42. The van der Waals surface area contributed by atoms with Gasteiger partial charge in [0.15, 0.2) is 0 Å². The van der Waals surface area contributed by atoms with E-state index in [1.54, 1.807) is 0 Å². The van der Waals surface area contributed by atoms with E-state index < -0.39 is 0 Å². The second kappa shape index (κ2) is 8.64. The fourth-order valence-electron chi connectivity index (χ4n) is 3.00. The molecule has 2 fully saturated rings. The number of amides is 1. The zero-order valence-electron chi connectivity index (χ0n) is 13.3. The summed E-state index contributed by atoms with van der Waals surface area (Å²) in [5, 5.41) is 16.1. The predicted molar refractivity (Wildman–Crippen MR) is 92.5 cm³/mol. The molecule has 1 aromatic rings. The standard InChI is InChI=1S/C17H25N3O2.ClH/c21-16-8-15(9-19-17(22)10-18-14-6-7-14)20(12-16)11-13-4-2-1-3-5-13;/h1-5,14-16,18,21H,6-12H2,(H,19,22);1H. The van der Waals surface area contributed by atoms with Crippen LogP contribution in [-0.2, 0) is 11.3 Å². The maximum Gasteiger partial charge on any atom is 0.234 e. The Morgan fingerprint density at radius 2 is 2.00 bits per heavy atom. The summed E-state index contributed by atoms with van der Waals surface area (Å²) in [6.07, 6.45) is 2.80. The summed E-state index contributed by atoms with van der Waals surface area (Å²) in [5.41, 5.74) is 1.24. The molecule has 3 rings (SSSR count). The van der Waals surface area contributed by atoms with Gasteiger partial charge < -0.3 is 15.7 Å². The third-order valence-corrected chi connectivity index (χ3v) is 4.40. The second-order valence-electron chi connectivity index (χ2n) is 6.42. The lowest BCUT2D eigenvalue weighted by Crippen LogP contribution is -2.42. The number of carbonyl (C=O) groups excluding carboxylic acids is 1. The number of likely N-dealkylation sites (tertiary alicyclic amines) is 1. The lowest BCUT2D eigenvalue weighted by Gasteiger charge is -2.24. The van der Waals surface area contributed by atoms with Gasteiger partial charge >= 0.3 is 0 Å². The van der Waals surface area contributed by atoms with Crippen LogP contribution in [0.5, 0.6) is 0 Å². The van der Waals surface area contributed by atoms with Gasteiger partial charge in [-0.25, -0.2) is 0 Å². The van der Waals surface area contributed by atoms with Crippen LogP contribution in [0.1, 0.15) is 24.8 Å². The molecule has 1 heterocycles. The Morgan fingerprint density at radius 1 is 1.26 bits per heavy atom. The van der Waals surface area contributed by atoms with Crippen LogP contribution >= 0.6 is 12.4 Å². The van der Waals surface area contributed by atoms with Gasteiger partial charge in [0, 0.05) is 31.7 Å². The van der Waals surface area contributed by atoms with Crippen molar-refractivity contribution in [3.05, 3.63) is 35.9 Å². The van der Waals surface area contributed by atoms with Gasteiger partial charge in [0.1, 0.15) is 0 Å². The largest absolute Gasteiger partial charge is 0.392 e. The molecule has 3 N–H and O–H groups in total. The van der Waals surface area contributed by atoms with Crippen molar-refractivity contribution in [3.63, 3.8) is 0 Å². The maximum atomic E-state index is 11.8. The van der Waals surface area contributed by atoms with Crippen LogP contribution in [0.4, 0.5) is 0 Å². The van der Waals surface area contributed by atoms with Crippen molar-refractivity contribution in [3.8, 4) is 0 Å². The number of nitrogens with one attached hydrogen (secondary N) is 2. The highest BCUT2D eigenvalue weighted by molar-refractivity contribution is 5.85. The molecule has 6 heteroatoms. The van der Waals surface area contributed by atoms with Crippen LogP contribution < -0.4 is 10.6 Å². The summed E-state index contributed by atoms with van der Waals surface area (Å²) >= 11 is 0. The fraction of sp³-hybridized carbons (Fsp3) is 0.588. The minimum absolute atomic E-state index is 0. The number of halogens is 1. The molecule has 1 aromatic carbocycles. The number of nitrogens with zero attached hydrogens (tertiary/aromatic N) is 1. The molecule has 2 aliphatic rings. The first-order chi connectivity index (χ1) is 10.7. The van der Waals surface area contributed by atoms with E-state index >= 15 is 0 Å². The number of benzene rings is 1. The van der Waals surface area contributed by atoms with Crippen LogP contribution in [0.2, 0.25) is 0 Å². The smallest absolute Gasteiger partial charge is 0.234 e. The van der Waals surface area contributed by atoms with E-state index in [0.29, 0.717) is 25.7 Å². The van der Waals surface area contributed by atoms with Crippen molar-refractivity contribution in [1.29, 1.82) is 0 Å². The first-order valence-corrected chi connectivity index (χ1v) is 8.17. The third kappa shape index (κ3) is 5.77. The molecule has 23 heavy (non-hydrogen) atoms. The normalized spacial score (nSPS) is 24.2. The number of aliphatic hydroxyl groups excluding tert-OH is 1. The van der Waals surface area contributed by atoms with Gasteiger partial charge in [-0.1, -0.05) is 30.3 Å². The van der Waals surface area contributed by atoms with Gasteiger partial charge in [0.25, 0.3) is 0 Å². The Hall–Kier alpha value is -1.14. The first-order valence-electron chi connectivity index (χ1n) is 8.17. The molecule has 0 aromatic heterocycles. The summed E-state index contributed by atoms with van der Waals surface area (Å²) in [4.78, 5) is 14.1. The van der Waals surface area contributed by atoms with E-state index in [1.165, 1.54) is 18.4 Å². The van der Waals surface area contributed by atoms with Crippen LogP contribution in [-0.4, -0.2) is 53.7 Å². The molecular formula is C17H26ClN3O2. The molecule has 5 nitrogen and oxygen atoms in total. The average Bonchev–Trinajstić information content (AvgIpc) is 3.28.